The fourth-order valence-corrected chi connectivity index (χ4v) is 2.03. The summed E-state index contributed by atoms with van der Waals surface area (Å²) in [5, 5.41) is 3.57. The number of allylic oxidation sites excluding steroid dienone is 1. The summed E-state index contributed by atoms with van der Waals surface area (Å²) in [6.45, 7) is 9.21. The maximum absolute atomic E-state index is 3.57. The van der Waals surface area contributed by atoms with Crippen LogP contribution in [0.5, 0.6) is 0 Å². The molecule has 2 nitrogen and oxygen atoms in total. The van der Waals surface area contributed by atoms with E-state index in [1.54, 1.807) is 0 Å². The van der Waals surface area contributed by atoms with E-state index in [2.05, 4.69) is 36.2 Å². The highest BCUT2D eigenvalue weighted by molar-refractivity contribution is 4.84. The Labute approximate surface area is 88.4 Å². The van der Waals surface area contributed by atoms with Crippen LogP contribution < -0.4 is 5.32 Å². The molecular weight excluding hydrogens is 172 g/mol. The molecule has 2 heteroatoms. The van der Waals surface area contributed by atoms with Crippen molar-refractivity contribution in [2.45, 2.75) is 39.2 Å². The van der Waals surface area contributed by atoms with Gasteiger partial charge >= 0.3 is 0 Å². The second-order valence-corrected chi connectivity index (χ2v) is 4.09. The molecule has 0 bridgehead atoms. The lowest BCUT2D eigenvalue weighted by molar-refractivity contribution is 0.200. The van der Waals surface area contributed by atoms with Crippen LogP contribution in [0.1, 0.15) is 33.1 Å². The fourth-order valence-electron chi connectivity index (χ4n) is 2.03. The topological polar surface area (TPSA) is 15.3 Å². The molecule has 1 rings (SSSR count). The summed E-state index contributed by atoms with van der Waals surface area (Å²) >= 11 is 0. The molecule has 0 aliphatic carbocycles. The van der Waals surface area contributed by atoms with Gasteiger partial charge in [-0.3, -0.25) is 0 Å². The Balaban J connectivity index is 2.09. The Bertz CT molecular complexity index is 158. The number of piperidine rings is 1. The Morgan fingerprint density at radius 1 is 1.36 bits per heavy atom. The van der Waals surface area contributed by atoms with Gasteiger partial charge in [-0.05, 0) is 45.8 Å². The lowest BCUT2D eigenvalue weighted by Gasteiger charge is -2.31. The lowest BCUT2D eigenvalue weighted by Crippen LogP contribution is -2.42. The molecule has 1 saturated heterocycles. The molecule has 0 aromatic rings. The van der Waals surface area contributed by atoms with Crippen molar-refractivity contribution in [2.75, 3.05) is 26.2 Å². The molecule has 0 spiro atoms. The van der Waals surface area contributed by atoms with Crippen molar-refractivity contribution in [3.8, 4) is 0 Å². The van der Waals surface area contributed by atoms with Gasteiger partial charge in [0.05, 0.1) is 0 Å². The van der Waals surface area contributed by atoms with Gasteiger partial charge in [-0.15, -0.1) is 0 Å². The number of rotatable bonds is 5. The highest BCUT2D eigenvalue weighted by Crippen LogP contribution is 2.10. The Morgan fingerprint density at radius 2 is 2.07 bits per heavy atom. The number of hydrogen-bond acceptors (Lipinski definition) is 2. The molecule has 82 valence electrons. The molecule has 1 N–H and O–H groups in total. The fraction of sp³-hybridized carbons (Fsp3) is 0.833. The highest BCUT2D eigenvalue weighted by Gasteiger charge is 2.16. The van der Waals surface area contributed by atoms with Crippen molar-refractivity contribution >= 4 is 0 Å². The molecule has 1 aliphatic rings. The molecule has 0 aromatic carbocycles. The second-order valence-electron chi connectivity index (χ2n) is 4.09. The molecule has 0 saturated carbocycles. The maximum atomic E-state index is 3.57. The first-order valence-electron chi connectivity index (χ1n) is 5.93. The van der Waals surface area contributed by atoms with Crippen molar-refractivity contribution in [1.82, 2.24) is 10.2 Å². The molecule has 1 aliphatic heterocycles. The summed E-state index contributed by atoms with van der Waals surface area (Å²) < 4.78 is 0. The Morgan fingerprint density at radius 3 is 2.64 bits per heavy atom. The van der Waals surface area contributed by atoms with Gasteiger partial charge in [-0.2, -0.15) is 0 Å². The Kier molecular flexibility index (Phi) is 5.88. The minimum atomic E-state index is 0.749. The highest BCUT2D eigenvalue weighted by atomic mass is 15.1. The maximum Gasteiger partial charge on any atom is 0.0137 e. The molecule has 0 amide bonds. The average molecular weight is 196 g/mol. The zero-order valence-corrected chi connectivity index (χ0v) is 9.63. The van der Waals surface area contributed by atoms with E-state index < -0.39 is 0 Å². The van der Waals surface area contributed by atoms with E-state index in [0.29, 0.717) is 0 Å². The summed E-state index contributed by atoms with van der Waals surface area (Å²) in [5.74, 6) is 0. The molecule has 0 aromatic heterocycles. The van der Waals surface area contributed by atoms with Crippen LogP contribution in [-0.2, 0) is 0 Å². The van der Waals surface area contributed by atoms with Gasteiger partial charge < -0.3 is 10.2 Å². The zero-order valence-electron chi connectivity index (χ0n) is 9.63. The minimum Gasteiger partial charge on any atom is -0.310 e. The van der Waals surface area contributed by atoms with Crippen LogP contribution in [0.3, 0.4) is 0 Å². The van der Waals surface area contributed by atoms with Crippen LogP contribution in [-0.4, -0.2) is 37.1 Å². The molecule has 0 unspecified atom stereocenters. The smallest absolute Gasteiger partial charge is 0.0137 e. The SMILES string of the molecule is C/C=C/CNC1CCN(CCC)CC1. The zero-order chi connectivity index (χ0) is 10.2. The summed E-state index contributed by atoms with van der Waals surface area (Å²) in [7, 11) is 0. The van der Waals surface area contributed by atoms with Crippen molar-refractivity contribution in [2.24, 2.45) is 0 Å². The predicted molar refractivity (Wildman–Crippen MR) is 62.6 cm³/mol. The molecule has 0 atom stereocenters. The van der Waals surface area contributed by atoms with E-state index in [0.717, 1.165) is 12.6 Å². The third kappa shape index (κ3) is 4.25. The van der Waals surface area contributed by atoms with E-state index in [1.807, 2.05) is 0 Å². The van der Waals surface area contributed by atoms with Gasteiger partial charge in [0, 0.05) is 12.6 Å². The largest absolute Gasteiger partial charge is 0.310 e. The Hall–Kier alpha value is -0.340. The van der Waals surface area contributed by atoms with Crippen molar-refractivity contribution in [3.63, 3.8) is 0 Å². The molecular formula is C12H24N2. The van der Waals surface area contributed by atoms with E-state index in [-0.39, 0.29) is 0 Å². The molecule has 14 heavy (non-hydrogen) atoms. The van der Waals surface area contributed by atoms with E-state index in [9.17, 15) is 0 Å². The first-order valence-corrected chi connectivity index (χ1v) is 5.93. The van der Waals surface area contributed by atoms with E-state index in [4.69, 9.17) is 0 Å². The summed E-state index contributed by atoms with van der Waals surface area (Å²) in [5.41, 5.74) is 0. The number of hydrogen-bond donors (Lipinski definition) is 1. The molecule has 1 heterocycles. The third-order valence-corrected chi connectivity index (χ3v) is 2.89. The van der Waals surface area contributed by atoms with Gasteiger partial charge in [-0.1, -0.05) is 19.1 Å². The van der Waals surface area contributed by atoms with Crippen molar-refractivity contribution < 1.29 is 0 Å². The van der Waals surface area contributed by atoms with Crippen LogP contribution in [0.4, 0.5) is 0 Å². The van der Waals surface area contributed by atoms with Gasteiger partial charge in [-0.25, -0.2) is 0 Å². The minimum absolute atomic E-state index is 0.749. The molecule has 0 radical (unpaired) electrons. The number of likely N-dealkylation sites (tertiary alicyclic amines) is 1. The van der Waals surface area contributed by atoms with Crippen molar-refractivity contribution in [3.05, 3.63) is 12.2 Å². The standard InChI is InChI=1S/C12H24N2/c1-3-5-8-13-12-6-10-14(9-4-2)11-7-12/h3,5,12-13H,4,6-11H2,1-2H3/b5-3+. The normalized spacial score (nSPS) is 20.7. The van der Waals surface area contributed by atoms with Crippen LogP contribution in [0, 0.1) is 0 Å². The van der Waals surface area contributed by atoms with Crippen LogP contribution >= 0.6 is 0 Å². The van der Waals surface area contributed by atoms with Gasteiger partial charge in [0.2, 0.25) is 0 Å². The third-order valence-electron chi connectivity index (χ3n) is 2.89. The van der Waals surface area contributed by atoms with Gasteiger partial charge in [0.15, 0.2) is 0 Å². The van der Waals surface area contributed by atoms with E-state index >= 15 is 0 Å². The number of nitrogens with one attached hydrogen (secondary N) is 1. The summed E-state index contributed by atoms with van der Waals surface area (Å²) in [6, 6.07) is 0.749. The van der Waals surface area contributed by atoms with Gasteiger partial charge in [0.1, 0.15) is 0 Å². The van der Waals surface area contributed by atoms with Crippen LogP contribution in [0.25, 0.3) is 0 Å². The first-order chi connectivity index (χ1) is 6.86. The van der Waals surface area contributed by atoms with Crippen molar-refractivity contribution in [1.29, 1.82) is 0 Å². The molecule has 1 fully saturated rings. The quantitative estimate of drug-likeness (QED) is 0.677. The second kappa shape index (κ2) is 7.02. The van der Waals surface area contributed by atoms with Gasteiger partial charge in [0.25, 0.3) is 0 Å². The summed E-state index contributed by atoms with van der Waals surface area (Å²) in [6.07, 6.45) is 8.23. The lowest BCUT2D eigenvalue weighted by atomic mass is 10.0. The van der Waals surface area contributed by atoms with E-state index in [1.165, 1.54) is 38.9 Å². The van der Waals surface area contributed by atoms with Crippen LogP contribution in [0.15, 0.2) is 12.2 Å². The monoisotopic (exact) mass is 196 g/mol. The average Bonchev–Trinajstić information content (AvgIpc) is 2.21. The predicted octanol–water partition coefficient (Wildman–Crippen LogP) is 2.03. The first kappa shape index (κ1) is 11.7. The number of nitrogens with zero attached hydrogens (tertiary/aromatic N) is 1. The summed E-state index contributed by atoms with van der Waals surface area (Å²) in [4.78, 5) is 2.58. The van der Waals surface area contributed by atoms with Crippen LogP contribution in [0.2, 0.25) is 0 Å².